The zero-order chi connectivity index (χ0) is 26.9. The molecule has 0 fully saturated rings. The minimum atomic E-state index is -4.68. The molecule has 0 unspecified atom stereocenters. The van der Waals surface area contributed by atoms with Gasteiger partial charge in [0.05, 0.1) is 13.2 Å². The first-order chi connectivity index (χ1) is 17.2. The fourth-order valence-electron chi connectivity index (χ4n) is 3.54. The largest absolute Gasteiger partial charge is 0.469 e. The molecule has 1 amide bonds. The van der Waals surface area contributed by atoms with Crippen molar-refractivity contribution in [1.82, 2.24) is 5.32 Å². The molecule has 0 radical (unpaired) electrons. The zero-order valence-electron chi connectivity index (χ0n) is 22.4. The maximum Gasteiger partial charge on any atom is 0.469 e. The normalized spacial score (nSPS) is 12.4. The van der Waals surface area contributed by atoms with E-state index in [9.17, 15) is 14.2 Å². The van der Waals surface area contributed by atoms with Crippen molar-refractivity contribution in [2.24, 2.45) is 0 Å². The number of nitrogens with one attached hydrogen (secondary N) is 1. The maximum atomic E-state index is 12.1. The zero-order valence-corrected chi connectivity index (χ0v) is 23.3. The summed E-state index contributed by atoms with van der Waals surface area (Å²) < 4.78 is 31.6. The standard InChI is InChI=1S/C25H50NO9P/c1-3-4-5-6-7-8-9-11-14-17-25(28)35-24(21-34-36(29,30)31)20-33-22-32-19-16-13-10-12-15-18-26-23(2)27/h24H,3-22H2,1-2H3,(H,26,27)(H2,29,30,31)/t24-/m0/s1. The molecule has 0 bridgehead atoms. The highest BCUT2D eigenvalue weighted by Crippen LogP contribution is 2.35. The van der Waals surface area contributed by atoms with Crippen molar-refractivity contribution in [2.45, 2.75) is 116 Å². The van der Waals surface area contributed by atoms with Gasteiger partial charge in [-0.25, -0.2) is 4.57 Å². The number of ether oxygens (including phenoxy) is 3. The summed E-state index contributed by atoms with van der Waals surface area (Å²) in [6.45, 7) is 4.40. The van der Waals surface area contributed by atoms with Gasteiger partial charge in [-0.15, -0.1) is 0 Å². The molecule has 0 saturated heterocycles. The van der Waals surface area contributed by atoms with Crippen molar-refractivity contribution < 1.29 is 42.7 Å². The summed E-state index contributed by atoms with van der Waals surface area (Å²) in [7, 11) is -4.68. The van der Waals surface area contributed by atoms with Gasteiger partial charge in [-0.2, -0.15) is 0 Å². The van der Waals surface area contributed by atoms with Crippen LogP contribution in [0.25, 0.3) is 0 Å². The Balaban J connectivity index is 3.92. The molecule has 214 valence electrons. The Hall–Kier alpha value is -1.03. The molecule has 0 aliphatic rings. The van der Waals surface area contributed by atoms with Gasteiger partial charge in [0.1, 0.15) is 12.9 Å². The number of rotatable bonds is 26. The molecule has 36 heavy (non-hydrogen) atoms. The molecule has 10 nitrogen and oxygen atoms in total. The predicted molar refractivity (Wildman–Crippen MR) is 138 cm³/mol. The Labute approximate surface area is 217 Å². The number of phosphoric ester groups is 1. The third-order valence-electron chi connectivity index (χ3n) is 5.52. The summed E-state index contributed by atoms with van der Waals surface area (Å²) in [4.78, 5) is 40.8. The van der Waals surface area contributed by atoms with Crippen molar-refractivity contribution in [2.75, 3.05) is 33.2 Å². The number of esters is 1. The van der Waals surface area contributed by atoms with Crippen LogP contribution in [0.5, 0.6) is 0 Å². The van der Waals surface area contributed by atoms with E-state index in [1.807, 2.05) is 0 Å². The lowest BCUT2D eigenvalue weighted by Crippen LogP contribution is -2.28. The van der Waals surface area contributed by atoms with Crippen LogP contribution in [0, 0.1) is 0 Å². The van der Waals surface area contributed by atoms with Gasteiger partial charge in [0, 0.05) is 26.5 Å². The van der Waals surface area contributed by atoms with E-state index in [2.05, 4.69) is 16.8 Å². The van der Waals surface area contributed by atoms with Gasteiger partial charge in [-0.05, 0) is 19.3 Å². The fourth-order valence-corrected chi connectivity index (χ4v) is 3.90. The molecule has 3 N–H and O–H groups in total. The number of phosphoric acid groups is 1. The number of carbonyl (C=O) groups excluding carboxylic acids is 2. The van der Waals surface area contributed by atoms with E-state index in [1.165, 1.54) is 45.4 Å². The average molecular weight is 540 g/mol. The second-order valence-corrected chi connectivity index (χ2v) is 10.4. The van der Waals surface area contributed by atoms with E-state index >= 15 is 0 Å². The molecular weight excluding hydrogens is 489 g/mol. The Kier molecular flexibility index (Phi) is 23.6. The maximum absolute atomic E-state index is 12.1. The van der Waals surface area contributed by atoms with Crippen molar-refractivity contribution >= 4 is 19.7 Å². The molecule has 0 aromatic heterocycles. The van der Waals surface area contributed by atoms with Crippen molar-refractivity contribution in [3.63, 3.8) is 0 Å². The smallest absolute Gasteiger partial charge is 0.457 e. The van der Waals surface area contributed by atoms with Gasteiger partial charge in [-0.3, -0.25) is 14.1 Å². The molecule has 0 rings (SSSR count). The molecule has 0 aromatic rings. The first-order valence-electron chi connectivity index (χ1n) is 13.5. The van der Waals surface area contributed by atoms with Gasteiger partial charge in [-0.1, -0.05) is 77.6 Å². The van der Waals surface area contributed by atoms with E-state index in [4.69, 9.17) is 24.0 Å². The first kappa shape index (κ1) is 35.0. The number of hydrogen-bond acceptors (Lipinski definition) is 7. The van der Waals surface area contributed by atoms with Gasteiger partial charge in [0.25, 0.3) is 0 Å². The number of amides is 1. The molecule has 0 saturated carbocycles. The quantitative estimate of drug-likeness (QED) is 0.0599. The highest BCUT2D eigenvalue weighted by molar-refractivity contribution is 7.46. The monoisotopic (exact) mass is 539 g/mol. The minimum Gasteiger partial charge on any atom is -0.457 e. The van der Waals surface area contributed by atoms with Crippen LogP contribution in [-0.2, 0) is 32.9 Å². The average Bonchev–Trinajstić information content (AvgIpc) is 2.81. The molecule has 1 atom stereocenters. The van der Waals surface area contributed by atoms with Crippen LogP contribution in [0.15, 0.2) is 0 Å². The number of hydrogen-bond donors (Lipinski definition) is 3. The second kappa shape index (κ2) is 24.3. The lowest BCUT2D eigenvalue weighted by Gasteiger charge is -2.18. The third-order valence-corrected chi connectivity index (χ3v) is 6.01. The molecule has 0 heterocycles. The molecular formula is C25H50NO9P. The SMILES string of the molecule is CCCCCCCCCCCC(=O)O[C@@H](COCOCCCCCCCNC(C)=O)COP(=O)(O)O. The molecule has 0 spiro atoms. The van der Waals surface area contributed by atoms with Crippen LogP contribution in [0.2, 0.25) is 0 Å². The van der Waals surface area contributed by atoms with Gasteiger partial charge in [0.2, 0.25) is 5.91 Å². The minimum absolute atomic E-state index is 0.00694. The van der Waals surface area contributed by atoms with Crippen LogP contribution in [-0.4, -0.2) is 60.9 Å². The summed E-state index contributed by atoms with van der Waals surface area (Å²) in [5.41, 5.74) is 0. The number of unbranched alkanes of at least 4 members (excludes halogenated alkanes) is 12. The van der Waals surface area contributed by atoms with E-state index < -0.39 is 26.5 Å². The predicted octanol–water partition coefficient (Wildman–Crippen LogP) is 5.01. The molecule has 0 aliphatic carbocycles. The van der Waals surface area contributed by atoms with Crippen molar-refractivity contribution in [1.29, 1.82) is 0 Å². The Morgan fingerprint density at radius 3 is 2.00 bits per heavy atom. The summed E-state index contributed by atoms with van der Waals surface area (Å²) in [5.74, 6) is -0.437. The van der Waals surface area contributed by atoms with Crippen molar-refractivity contribution in [3.8, 4) is 0 Å². The van der Waals surface area contributed by atoms with E-state index in [0.29, 0.717) is 13.2 Å². The van der Waals surface area contributed by atoms with Gasteiger partial charge >= 0.3 is 13.8 Å². The highest BCUT2D eigenvalue weighted by atomic mass is 31.2. The molecule has 0 aliphatic heterocycles. The van der Waals surface area contributed by atoms with Crippen molar-refractivity contribution in [3.05, 3.63) is 0 Å². The van der Waals surface area contributed by atoms with E-state index in [1.54, 1.807) is 0 Å². The summed E-state index contributed by atoms with van der Waals surface area (Å²) in [6.07, 6.45) is 14.5. The Morgan fingerprint density at radius 1 is 0.806 bits per heavy atom. The Morgan fingerprint density at radius 2 is 1.39 bits per heavy atom. The van der Waals surface area contributed by atoms with E-state index in [-0.39, 0.29) is 25.7 Å². The van der Waals surface area contributed by atoms with Crippen LogP contribution in [0.1, 0.15) is 110 Å². The molecule has 0 aromatic carbocycles. The summed E-state index contributed by atoms with van der Waals surface area (Å²) >= 11 is 0. The van der Waals surface area contributed by atoms with Gasteiger partial charge in [0.15, 0.2) is 0 Å². The Bertz CT molecular complexity index is 586. The fraction of sp³-hybridized carbons (Fsp3) is 0.920. The summed E-state index contributed by atoms with van der Waals surface area (Å²) in [6, 6.07) is 0. The first-order valence-corrected chi connectivity index (χ1v) is 15.1. The van der Waals surface area contributed by atoms with Crippen LogP contribution < -0.4 is 5.32 Å². The lowest BCUT2D eigenvalue weighted by molar-refractivity contribution is -0.158. The topological polar surface area (TPSA) is 141 Å². The van der Waals surface area contributed by atoms with Crippen LogP contribution in [0.4, 0.5) is 0 Å². The second-order valence-electron chi connectivity index (χ2n) is 9.12. The lowest BCUT2D eigenvalue weighted by atomic mass is 10.1. The molecule has 11 heteroatoms. The third kappa shape index (κ3) is 27.6. The van der Waals surface area contributed by atoms with Crippen LogP contribution in [0.3, 0.4) is 0 Å². The van der Waals surface area contributed by atoms with E-state index in [0.717, 1.165) is 51.4 Å². The highest BCUT2D eigenvalue weighted by Gasteiger charge is 2.21. The summed E-state index contributed by atoms with van der Waals surface area (Å²) in [5, 5.41) is 2.77. The number of carbonyl (C=O) groups is 2. The van der Waals surface area contributed by atoms with Gasteiger partial charge < -0.3 is 29.3 Å². The van der Waals surface area contributed by atoms with Crippen LogP contribution >= 0.6 is 7.82 Å².